The van der Waals surface area contributed by atoms with Crippen molar-refractivity contribution < 1.29 is 9.90 Å². The first-order valence-corrected chi connectivity index (χ1v) is 8.20. The Morgan fingerprint density at radius 1 is 1.17 bits per heavy atom. The molecule has 0 aromatic carbocycles. The highest BCUT2D eigenvalue weighted by Crippen LogP contribution is 2.05. The highest BCUT2D eigenvalue weighted by molar-refractivity contribution is 5.87. The van der Waals surface area contributed by atoms with Crippen molar-refractivity contribution >= 4 is 5.97 Å². The second-order valence-electron chi connectivity index (χ2n) is 5.62. The Hall–Kier alpha value is -2.31. The van der Waals surface area contributed by atoms with Crippen LogP contribution in [-0.4, -0.2) is 45.6 Å². The Balaban J connectivity index is 1.79. The number of carbonyl (C=O) groups is 1. The fraction of sp³-hybridized carbons (Fsp3) is 0.389. The molecule has 2 N–H and O–H groups in total. The molecule has 2 heterocycles. The predicted octanol–water partition coefficient (Wildman–Crippen LogP) is 2.18. The normalized spacial score (nSPS) is 10.9. The smallest absolute Gasteiger partial charge is 0.337 e. The van der Waals surface area contributed by atoms with E-state index in [1.165, 1.54) is 6.20 Å². The van der Waals surface area contributed by atoms with Gasteiger partial charge in [0, 0.05) is 38.6 Å². The van der Waals surface area contributed by atoms with Crippen LogP contribution in [0.5, 0.6) is 0 Å². The molecule has 0 amide bonds. The van der Waals surface area contributed by atoms with E-state index in [1.807, 2.05) is 18.2 Å². The third-order valence-electron chi connectivity index (χ3n) is 3.63. The van der Waals surface area contributed by atoms with E-state index < -0.39 is 5.97 Å². The van der Waals surface area contributed by atoms with E-state index in [1.54, 1.807) is 18.3 Å². The molecule has 0 radical (unpaired) electrons. The lowest BCUT2D eigenvalue weighted by Gasteiger charge is -2.21. The first-order chi connectivity index (χ1) is 11.7. The molecule has 128 valence electrons. The molecule has 0 atom stereocenters. The number of hydrogen-bond acceptors (Lipinski definition) is 5. The molecule has 24 heavy (non-hydrogen) atoms. The second kappa shape index (κ2) is 9.75. The molecule has 0 saturated carbocycles. The zero-order chi connectivity index (χ0) is 17.2. The molecule has 0 spiro atoms. The Morgan fingerprint density at radius 3 is 2.67 bits per heavy atom. The van der Waals surface area contributed by atoms with Crippen molar-refractivity contribution in [3.05, 3.63) is 59.7 Å². The average Bonchev–Trinajstić information content (AvgIpc) is 2.60. The van der Waals surface area contributed by atoms with E-state index in [-0.39, 0.29) is 5.56 Å². The summed E-state index contributed by atoms with van der Waals surface area (Å²) >= 11 is 0. The van der Waals surface area contributed by atoms with Crippen LogP contribution in [0, 0.1) is 0 Å². The zero-order valence-corrected chi connectivity index (χ0v) is 14.0. The maximum Gasteiger partial charge on any atom is 0.337 e. The van der Waals surface area contributed by atoms with Gasteiger partial charge in [0.05, 0.1) is 17.0 Å². The van der Waals surface area contributed by atoms with E-state index in [0.717, 1.165) is 50.5 Å². The van der Waals surface area contributed by atoms with Gasteiger partial charge in [0.2, 0.25) is 0 Å². The summed E-state index contributed by atoms with van der Waals surface area (Å²) < 4.78 is 0. The van der Waals surface area contributed by atoms with Crippen molar-refractivity contribution in [3.8, 4) is 0 Å². The number of nitrogens with one attached hydrogen (secondary N) is 1. The SMILES string of the molecule is CCCN(CCNCc1ccccn1)Cc1ccc(C(=O)O)cn1. The van der Waals surface area contributed by atoms with Gasteiger partial charge < -0.3 is 10.4 Å². The molecule has 0 aliphatic carbocycles. The third-order valence-corrected chi connectivity index (χ3v) is 3.63. The van der Waals surface area contributed by atoms with E-state index in [9.17, 15) is 4.79 Å². The fourth-order valence-electron chi connectivity index (χ4n) is 2.42. The minimum absolute atomic E-state index is 0.220. The molecule has 0 aliphatic rings. The van der Waals surface area contributed by atoms with E-state index in [0.29, 0.717) is 0 Å². The van der Waals surface area contributed by atoms with Gasteiger partial charge in [0.15, 0.2) is 0 Å². The van der Waals surface area contributed by atoms with Crippen molar-refractivity contribution in [3.63, 3.8) is 0 Å². The highest BCUT2D eigenvalue weighted by atomic mass is 16.4. The fourth-order valence-corrected chi connectivity index (χ4v) is 2.42. The number of nitrogens with zero attached hydrogens (tertiary/aromatic N) is 3. The van der Waals surface area contributed by atoms with E-state index in [4.69, 9.17) is 5.11 Å². The molecule has 2 aromatic heterocycles. The Labute approximate surface area is 142 Å². The minimum Gasteiger partial charge on any atom is -0.478 e. The van der Waals surface area contributed by atoms with Gasteiger partial charge in [-0.2, -0.15) is 0 Å². The van der Waals surface area contributed by atoms with Crippen LogP contribution in [-0.2, 0) is 13.1 Å². The first-order valence-electron chi connectivity index (χ1n) is 8.20. The van der Waals surface area contributed by atoms with Crippen molar-refractivity contribution in [2.45, 2.75) is 26.4 Å². The van der Waals surface area contributed by atoms with Gasteiger partial charge in [0.25, 0.3) is 0 Å². The predicted molar refractivity (Wildman–Crippen MR) is 92.7 cm³/mol. The van der Waals surface area contributed by atoms with Crippen LogP contribution >= 0.6 is 0 Å². The van der Waals surface area contributed by atoms with Crippen LogP contribution in [0.15, 0.2) is 42.7 Å². The number of aromatic carboxylic acids is 1. The number of aromatic nitrogens is 2. The standard InChI is InChI=1S/C18H24N4O2/c1-2-10-22(11-9-19-13-16-5-3-4-8-20-16)14-17-7-6-15(12-21-17)18(23)24/h3-8,12,19H,2,9-11,13-14H2,1H3,(H,23,24). The van der Waals surface area contributed by atoms with Crippen molar-refractivity contribution in [2.75, 3.05) is 19.6 Å². The van der Waals surface area contributed by atoms with Gasteiger partial charge in [-0.15, -0.1) is 0 Å². The lowest BCUT2D eigenvalue weighted by Crippen LogP contribution is -2.32. The minimum atomic E-state index is -0.946. The van der Waals surface area contributed by atoms with Crippen molar-refractivity contribution in [1.82, 2.24) is 20.2 Å². The summed E-state index contributed by atoms with van der Waals surface area (Å²) in [4.78, 5) is 21.7. The molecule has 6 nitrogen and oxygen atoms in total. The van der Waals surface area contributed by atoms with Crippen LogP contribution in [0.25, 0.3) is 0 Å². The van der Waals surface area contributed by atoms with Gasteiger partial charge in [0.1, 0.15) is 0 Å². The topological polar surface area (TPSA) is 78.4 Å². The summed E-state index contributed by atoms with van der Waals surface area (Å²) in [7, 11) is 0. The van der Waals surface area contributed by atoms with Crippen LogP contribution in [0.1, 0.15) is 35.1 Å². The summed E-state index contributed by atoms with van der Waals surface area (Å²) in [6, 6.07) is 9.29. The Kier molecular flexibility index (Phi) is 7.32. The lowest BCUT2D eigenvalue weighted by molar-refractivity contribution is 0.0696. The molecule has 6 heteroatoms. The van der Waals surface area contributed by atoms with Crippen molar-refractivity contribution in [1.29, 1.82) is 0 Å². The molecule has 0 fully saturated rings. The number of carboxylic acids is 1. The lowest BCUT2D eigenvalue weighted by atomic mass is 10.2. The van der Waals surface area contributed by atoms with Crippen molar-refractivity contribution in [2.24, 2.45) is 0 Å². The van der Waals surface area contributed by atoms with Gasteiger partial charge in [-0.05, 0) is 37.2 Å². The molecule has 0 saturated heterocycles. The molecule has 2 rings (SSSR count). The summed E-state index contributed by atoms with van der Waals surface area (Å²) in [6.45, 7) is 6.38. The monoisotopic (exact) mass is 328 g/mol. The molecule has 2 aromatic rings. The van der Waals surface area contributed by atoms with Gasteiger partial charge in [-0.25, -0.2) is 4.79 Å². The van der Waals surface area contributed by atoms with E-state index >= 15 is 0 Å². The average molecular weight is 328 g/mol. The second-order valence-corrected chi connectivity index (χ2v) is 5.62. The molecule has 0 unspecified atom stereocenters. The van der Waals surface area contributed by atoms with Crippen LogP contribution in [0.4, 0.5) is 0 Å². The van der Waals surface area contributed by atoms with Gasteiger partial charge in [-0.3, -0.25) is 14.9 Å². The highest BCUT2D eigenvalue weighted by Gasteiger charge is 2.08. The summed E-state index contributed by atoms with van der Waals surface area (Å²) in [5, 5.41) is 12.3. The molecular weight excluding hydrogens is 304 g/mol. The number of rotatable bonds is 10. The molecular formula is C18H24N4O2. The quantitative estimate of drug-likeness (QED) is 0.651. The molecule has 0 bridgehead atoms. The summed E-state index contributed by atoms with van der Waals surface area (Å²) in [5.41, 5.74) is 2.14. The van der Waals surface area contributed by atoms with E-state index in [2.05, 4.69) is 27.1 Å². The number of carboxylic acid groups (broad SMARTS) is 1. The third kappa shape index (κ3) is 6.06. The number of pyridine rings is 2. The van der Waals surface area contributed by atoms with Crippen LogP contribution in [0.2, 0.25) is 0 Å². The summed E-state index contributed by atoms with van der Waals surface area (Å²) in [5.74, 6) is -0.946. The molecule has 0 aliphatic heterocycles. The Morgan fingerprint density at radius 2 is 2.04 bits per heavy atom. The van der Waals surface area contributed by atoms with Gasteiger partial charge in [-0.1, -0.05) is 13.0 Å². The maximum absolute atomic E-state index is 10.9. The first kappa shape index (κ1) is 18.0. The Bertz CT molecular complexity index is 617. The van der Waals surface area contributed by atoms with Crippen LogP contribution < -0.4 is 5.32 Å². The van der Waals surface area contributed by atoms with Gasteiger partial charge >= 0.3 is 5.97 Å². The largest absolute Gasteiger partial charge is 0.478 e. The zero-order valence-electron chi connectivity index (χ0n) is 14.0. The maximum atomic E-state index is 10.9. The number of hydrogen-bond donors (Lipinski definition) is 2. The summed E-state index contributed by atoms with van der Waals surface area (Å²) in [6.07, 6.45) is 4.28. The van der Waals surface area contributed by atoms with Crippen LogP contribution in [0.3, 0.4) is 0 Å².